The van der Waals surface area contributed by atoms with Crippen LogP contribution in [0, 0.1) is 26.6 Å². The van der Waals surface area contributed by atoms with Crippen molar-refractivity contribution < 1.29 is 22.4 Å². The molecule has 218 valence electrons. The number of sulfonamides is 1. The zero-order valence-corrected chi connectivity index (χ0v) is 24.9. The second-order valence-corrected chi connectivity index (χ2v) is 12.8. The van der Waals surface area contributed by atoms with Crippen LogP contribution < -0.4 is 9.62 Å². The van der Waals surface area contributed by atoms with Gasteiger partial charge in [-0.2, -0.15) is 0 Å². The molecular formula is C32H38FN3O4S. The van der Waals surface area contributed by atoms with Crippen LogP contribution in [-0.4, -0.2) is 43.8 Å². The van der Waals surface area contributed by atoms with Gasteiger partial charge in [-0.05, 0) is 93.6 Å². The Labute approximate surface area is 242 Å². The monoisotopic (exact) mass is 579 g/mol. The number of benzene rings is 3. The van der Waals surface area contributed by atoms with Gasteiger partial charge in [0.2, 0.25) is 11.8 Å². The summed E-state index contributed by atoms with van der Waals surface area (Å²) in [6.07, 6.45) is 3.86. The normalized spacial score (nSPS) is 14.5. The van der Waals surface area contributed by atoms with Crippen molar-refractivity contribution in [3.8, 4) is 0 Å². The Bertz CT molecular complexity index is 1480. The van der Waals surface area contributed by atoms with E-state index in [1.165, 1.54) is 29.2 Å². The molecule has 7 nitrogen and oxygen atoms in total. The van der Waals surface area contributed by atoms with E-state index in [2.05, 4.69) is 5.32 Å². The van der Waals surface area contributed by atoms with E-state index < -0.39 is 34.3 Å². The average Bonchev–Trinajstić information content (AvgIpc) is 3.45. The summed E-state index contributed by atoms with van der Waals surface area (Å²) < 4.78 is 42.6. The predicted octanol–water partition coefficient (Wildman–Crippen LogP) is 5.42. The molecule has 4 rings (SSSR count). The minimum absolute atomic E-state index is 0.0176. The molecule has 1 N–H and O–H groups in total. The maximum absolute atomic E-state index is 14.0. The molecule has 0 radical (unpaired) electrons. The molecule has 3 aromatic carbocycles. The number of nitrogens with zero attached hydrogens (tertiary/aromatic N) is 2. The maximum Gasteiger partial charge on any atom is 0.264 e. The zero-order chi connectivity index (χ0) is 29.7. The van der Waals surface area contributed by atoms with Crippen molar-refractivity contribution in [2.45, 2.75) is 76.9 Å². The molecule has 41 heavy (non-hydrogen) atoms. The minimum Gasteiger partial charge on any atom is -0.352 e. The molecule has 0 spiro atoms. The van der Waals surface area contributed by atoms with Gasteiger partial charge in [0.25, 0.3) is 10.0 Å². The minimum atomic E-state index is -4.14. The van der Waals surface area contributed by atoms with Gasteiger partial charge in [-0.1, -0.05) is 48.7 Å². The highest BCUT2D eigenvalue weighted by atomic mass is 32.2. The first-order chi connectivity index (χ1) is 19.5. The first kappa shape index (κ1) is 30.2. The number of rotatable bonds is 10. The second-order valence-electron chi connectivity index (χ2n) is 10.9. The third kappa shape index (κ3) is 7.33. The summed E-state index contributed by atoms with van der Waals surface area (Å²) in [6, 6.07) is 16.6. The van der Waals surface area contributed by atoms with E-state index >= 15 is 0 Å². The van der Waals surface area contributed by atoms with Crippen LogP contribution >= 0.6 is 0 Å². The first-order valence-corrected chi connectivity index (χ1v) is 15.4. The Hall–Kier alpha value is -3.72. The van der Waals surface area contributed by atoms with Crippen LogP contribution in [0.1, 0.15) is 54.9 Å². The number of anilines is 1. The number of hydrogen-bond acceptors (Lipinski definition) is 4. The van der Waals surface area contributed by atoms with Gasteiger partial charge in [-0.15, -0.1) is 0 Å². The van der Waals surface area contributed by atoms with Crippen molar-refractivity contribution in [3.05, 3.63) is 94.8 Å². The molecule has 0 aromatic heterocycles. The largest absolute Gasteiger partial charge is 0.352 e. The summed E-state index contributed by atoms with van der Waals surface area (Å²) in [5, 5.41) is 3.04. The molecule has 1 atom stereocenters. The molecule has 1 aliphatic carbocycles. The van der Waals surface area contributed by atoms with E-state index in [0.29, 0.717) is 11.3 Å². The van der Waals surface area contributed by atoms with Crippen molar-refractivity contribution in [1.82, 2.24) is 10.2 Å². The number of carbonyl (C=O) groups is 2. The van der Waals surface area contributed by atoms with Gasteiger partial charge >= 0.3 is 0 Å². The maximum atomic E-state index is 14.0. The van der Waals surface area contributed by atoms with Crippen molar-refractivity contribution in [3.63, 3.8) is 0 Å². The van der Waals surface area contributed by atoms with Crippen LogP contribution in [0.5, 0.6) is 0 Å². The molecule has 1 saturated carbocycles. The second kappa shape index (κ2) is 12.9. The average molecular weight is 580 g/mol. The molecule has 3 aromatic rings. The van der Waals surface area contributed by atoms with E-state index in [0.717, 1.165) is 46.7 Å². The lowest BCUT2D eigenvalue weighted by Crippen LogP contribution is -2.52. The van der Waals surface area contributed by atoms with Crippen molar-refractivity contribution in [1.29, 1.82) is 0 Å². The summed E-state index contributed by atoms with van der Waals surface area (Å²) in [4.78, 5) is 28.7. The SMILES string of the molecule is Cc1ccc(S(=O)(=O)N(CC(=O)N(Cc2ccc(F)cc2)[C@@H](C)C(=O)NC2CCCC2)c2ccc(C)c(C)c2)cc1. The molecule has 0 unspecified atom stereocenters. The number of amides is 2. The molecule has 0 bridgehead atoms. The lowest BCUT2D eigenvalue weighted by Gasteiger charge is -2.32. The van der Waals surface area contributed by atoms with Gasteiger partial charge in [0.05, 0.1) is 10.6 Å². The first-order valence-electron chi connectivity index (χ1n) is 14.0. The Morgan fingerprint density at radius 3 is 2.17 bits per heavy atom. The molecule has 0 aliphatic heterocycles. The Kier molecular flexibility index (Phi) is 9.48. The van der Waals surface area contributed by atoms with E-state index in [4.69, 9.17) is 0 Å². The van der Waals surface area contributed by atoms with Gasteiger partial charge in [-0.25, -0.2) is 12.8 Å². The number of halogens is 1. The summed E-state index contributed by atoms with van der Waals surface area (Å²) in [5.74, 6) is -1.26. The molecule has 1 aliphatic rings. The van der Waals surface area contributed by atoms with Gasteiger partial charge in [0, 0.05) is 12.6 Å². The Balaban J connectivity index is 1.70. The molecule has 9 heteroatoms. The molecular weight excluding hydrogens is 541 g/mol. The van der Waals surface area contributed by atoms with E-state index in [1.54, 1.807) is 43.3 Å². The van der Waals surface area contributed by atoms with Crippen LogP contribution in [0.25, 0.3) is 0 Å². The smallest absolute Gasteiger partial charge is 0.264 e. The zero-order valence-electron chi connectivity index (χ0n) is 24.1. The fourth-order valence-electron chi connectivity index (χ4n) is 5.01. The van der Waals surface area contributed by atoms with Crippen molar-refractivity contribution in [2.75, 3.05) is 10.8 Å². The van der Waals surface area contributed by atoms with Gasteiger partial charge in [-0.3, -0.25) is 13.9 Å². The number of aryl methyl sites for hydroxylation is 3. The van der Waals surface area contributed by atoms with Crippen LogP contribution in [0.4, 0.5) is 10.1 Å². The van der Waals surface area contributed by atoms with Gasteiger partial charge < -0.3 is 10.2 Å². The van der Waals surface area contributed by atoms with E-state index in [-0.39, 0.29) is 23.4 Å². The van der Waals surface area contributed by atoms with E-state index in [9.17, 15) is 22.4 Å². The van der Waals surface area contributed by atoms with Crippen LogP contribution in [-0.2, 0) is 26.2 Å². The predicted molar refractivity (Wildman–Crippen MR) is 158 cm³/mol. The highest BCUT2D eigenvalue weighted by Crippen LogP contribution is 2.27. The third-order valence-electron chi connectivity index (χ3n) is 7.80. The lowest BCUT2D eigenvalue weighted by molar-refractivity contribution is -0.139. The van der Waals surface area contributed by atoms with Gasteiger partial charge in [0.1, 0.15) is 18.4 Å². The number of hydrogen-bond donors (Lipinski definition) is 1. The highest BCUT2D eigenvalue weighted by molar-refractivity contribution is 7.92. The summed E-state index contributed by atoms with van der Waals surface area (Å²) in [6.45, 7) is 6.82. The highest BCUT2D eigenvalue weighted by Gasteiger charge is 2.33. The molecule has 0 heterocycles. The topological polar surface area (TPSA) is 86.8 Å². The molecule has 0 saturated heterocycles. The summed E-state index contributed by atoms with van der Waals surface area (Å²) in [5.41, 5.74) is 3.76. The Morgan fingerprint density at radius 1 is 0.927 bits per heavy atom. The summed E-state index contributed by atoms with van der Waals surface area (Å²) in [7, 11) is -4.14. The summed E-state index contributed by atoms with van der Waals surface area (Å²) >= 11 is 0. The fourth-order valence-corrected chi connectivity index (χ4v) is 6.41. The molecule has 2 amide bonds. The standard InChI is InChI=1S/C32H38FN3O4S/c1-22-9-17-30(18-10-22)41(39,40)36(29-16-11-23(2)24(3)19-29)21-31(37)35(20-26-12-14-27(33)15-13-26)25(4)32(38)34-28-7-5-6-8-28/h9-19,25,28H,5-8,20-21H2,1-4H3,(H,34,38)/t25-/m0/s1. The quantitative estimate of drug-likeness (QED) is 0.348. The van der Waals surface area contributed by atoms with Crippen molar-refractivity contribution in [2.24, 2.45) is 0 Å². The van der Waals surface area contributed by atoms with Crippen LogP contribution in [0.2, 0.25) is 0 Å². The van der Waals surface area contributed by atoms with Gasteiger partial charge in [0.15, 0.2) is 0 Å². The molecule has 1 fully saturated rings. The third-order valence-corrected chi connectivity index (χ3v) is 9.59. The lowest BCUT2D eigenvalue weighted by atomic mass is 10.1. The van der Waals surface area contributed by atoms with Crippen LogP contribution in [0.15, 0.2) is 71.6 Å². The van der Waals surface area contributed by atoms with E-state index in [1.807, 2.05) is 26.8 Å². The fraction of sp³-hybridized carbons (Fsp3) is 0.375. The van der Waals surface area contributed by atoms with Crippen LogP contribution in [0.3, 0.4) is 0 Å². The number of carbonyl (C=O) groups excluding carboxylic acids is 2. The van der Waals surface area contributed by atoms with Crippen molar-refractivity contribution >= 4 is 27.5 Å². The Morgan fingerprint density at radius 2 is 1.56 bits per heavy atom. The number of nitrogens with one attached hydrogen (secondary N) is 1.